The summed E-state index contributed by atoms with van der Waals surface area (Å²) in [5.74, 6) is 0.728. The number of amides is 1. The van der Waals surface area contributed by atoms with Crippen molar-refractivity contribution in [1.29, 1.82) is 0 Å². The van der Waals surface area contributed by atoms with Crippen molar-refractivity contribution in [1.82, 2.24) is 14.9 Å². The van der Waals surface area contributed by atoms with Crippen molar-refractivity contribution >= 4 is 16.9 Å². The van der Waals surface area contributed by atoms with Gasteiger partial charge in [-0.05, 0) is 31.2 Å². The summed E-state index contributed by atoms with van der Waals surface area (Å²) in [6, 6.07) is 17.0. The number of fused-ring (bicyclic) bond motifs is 1. The molecular weight excluding hydrogens is 302 g/mol. The predicted octanol–water partition coefficient (Wildman–Crippen LogP) is 3.17. The van der Waals surface area contributed by atoms with Crippen molar-refractivity contribution in [2.24, 2.45) is 0 Å². The highest BCUT2D eigenvalue weighted by Crippen LogP contribution is 2.21. The van der Waals surface area contributed by atoms with Crippen molar-refractivity contribution in [3.63, 3.8) is 0 Å². The minimum absolute atomic E-state index is 0.103. The zero-order valence-electron chi connectivity index (χ0n) is 13.9. The first-order valence-electron chi connectivity index (χ1n) is 8.00. The van der Waals surface area contributed by atoms with E-state index in [4.69, 9.17) is 9.72 Å². The summed E-state index contributed by atoms with van der Waals surface area (Å²) in [4.78, 5) is 17.1. The van der Waals surface area contributed by atoms with Gasteiger partial charge in [0.1, 0.15) is 5.82 Å². The lowest BCUT2D eigenvalue weighted by Gasteiger charge is -2.16. The SMILES string of the molecule is COCCn1c(C(C)NC(=O)c2ccccc2)nc2ccccc21. The minimum atomic E-state index is -0.207. The average molecular weight is 323 g/mol. The van der Waals surface area contributed by atoms with Crippen molar-refractivity contribution in [2.45, 2.75) is 19.5 Å². The minimum Gasteiger partial charge on any atom is -0.383 e. The number of hydrogen-bond acceptors (Lipinski definition) is 3. The Morgan fingerprint density at radius 2 is 1.88 bits per heavy atom. The summed E-state index contributed by atoms with van der Waals surface area (Å²) < 4.78 is 7.32. The molecule has 0 saturated carbocycles. The first kappa shape index (κ1) is 16.2. The second-order valence-electron chi connectivity index (χ2n) is 5.66. The standard InChI is InChI=1S/C19H21N3O2/c1-14(20-19(23)15-8-4-3-5-9-15)18-21-16-10-6-7-11-17(16)22(18)12-13-24-2/h3-11,14H,12-13H2,1-2H3,(H,20,23). The van der Waals surface area contributed by atoms with Crippen LogP contribution in [0.2, 0.25) is 0 Å². The lowest BCUT2D eigenvalue weighted by molar-refractivity contribution is 0.0937. The molecule has 24 heavy (non-hydrogen) atoms. The van der Waals surface area contributed by atoms with Crippen LogP contribution in [-0.4, -0.2) is 29.2 Å². The maximum Gasteiger partial charge on any atom is 0.251 e. The van der Waals surface area contributed by atoms with Gasteiger partial charge in [-0.2, -0.15) is 0 Å². The number of para-hydroxylation sites is 2. The molecule has 0 saturated heterocycles. The molecule has 1 aromatic heterocycles. The Kier molecular flexibility index (Phi) is 4.91. The first-order chi connectivity index (χ1) is 11.7. The number of carbonyl (C=O) groups is 1. The normalized spacial score (nSPS) is 12.2. The molecule has 1 unspecified atom stereocenters. The number of imidazole rings is 1. The monoisotopic (exact) mass is 323 g/mol. The molecule has 0 bridgehead atoms. The largest absolute Gasteiger partial charge is 0.383 e. The Labute approximate surface area is 141 Å². The molecular formula is C19H21N3O2. The van der Waals surface area contributed by atoms with Crippen molar-refractivity contribution < 1.29 is 9.53 Å². The number of nitrogens with one attached hydrogen (secondary N) is 1. The van der Waals surface area contributed by atoms with Gasteiger partial charge in [0.15, 0.2) is 0 Å². The van der Waals surface area contributed by atoms with Crippen molar-refractivity contribution in [3.8, 4) is 0 Å². The van der Waals surface area contributed by atoms with E-state index in [-0.39, 0.29) is 11.9 Å². The van der Waals surface area contributed by atoms with Gasteiger partial charge in [-0.25, -0.2) is 4.98 Å². The molecule has 0 radical (unpaired) electrons. The van der Waals surface area contributed by atoms with E-state index in [0.29, 0.717) is 18.7 Å². The molecule has 0 spiro atoms. The van der Waals surface area contributed by atoms with Crippen LogP contribution in [-0.2, 0) is 11.3 Å². The summed E-state index contributed by atoms with van der Waals surface area (Å²) in [5, 5.41) is 3.03. The Morgan fingerprint density at radius 3 is 2.62 bits per heavy atom. The van der Waals surface area contributed by atoms with Gasteiger partial charge in [0.25, 0.3) is 5.91 Å². The molecule has 1 atom stereocenters. The van der Waals surface area contributed by atoms with Crippen LogP contribution in [0.4, 0.5) is 0 Å². The van der Waals surface area contributed by atoms with E-state index in [1.54, 1.807) is 19.2 Å². The topological polar surface area (TPSA) is 56.1 Å². The van der Waals surface area contributed by atoms with Crippen molar-refractivity contribution in [3.05, 3.63) is 66.0 Å². The first-order valence-corrected chi connectivity index (χ1v) is 8.00. The number of hydrogen-bond donors (Lipinski definition) is 1. The molecule has 1 amide bonds. The van der Waals surface area contributed by atoms with E-state index in [1.807, 2.05) is 49.4 Å². The van der Waals surface area contributed by atoms with E-state index in [1.165, 1.54) is 0 Å². The van der Waals surface area contributed by atoms with Crippen LogP contribution in [0.5, 0.6) is 0 Å². The second kappa shape index (κ2) is 7.27. The fourth-order valence-corrected chi connectivity index (χ4v) is 2.78. The molecule has 1 N–H and O–H groups in total. The van der Waals surface area contributed by atoms with Crippen LogP contribution in [0.25, 0.3) is 11.0 Å². The van der Waals surface area contributed by atoms with Gasteiger partial charge in [0.2, 0.25) is 0 Å². The summed E-state index contributed by atoms with van der Waals surface area (Å²) in [5.41, 5.74) is 2.61. The van der Waals surface area contributed by atoms with Crippen molar-refractivity contribution in [2.75, 3.05) is 13.7 Å². The quantitative estimate of drug-likeness (QED) is 0.758. The van der Waals surface area contributed by atoms with Crippen LogP contribution in [0.15, 0.2) is 54.6 Å². The molecule has 3 rings (SSSR count). The van der Waals surface area contributed by atoms with E-state index in [2.05, 4.69) is 9.88 Å². The number of carbonyl (C=O) groups excluding carboxylic acids is 1. The summed E-state index contributed by atoms with van der Waals surface area (Å²) in [6.45, 7) is 3.23. The Morgan fingerprint density at radius 1 is 1.17 bits per heavy atom. The van der Waals surface area contributed by atoms with E-state index in [9.17, 15) is 4.79 Å². The third-order valence-corrected chi connectivity index (χ3v) is 3.97. The van der Waals surface area contributed by atoms with Gasteiger partial charge in [-0.1, -0.05) is 30.3 Å². The molecule has 124 valence electrons. The van der Waals surface area contributed by atoms with Gasteiger partial charge in [-0.3, -0.25) is 4.79 Å². The Hall–Kier alpha value is -2.66. The molecule has 5 nitrogen and oxygen atoms in total. The van der Waals surface area contributed by atoms with E-state index in [0.717, 1.165) is 16.9 Å². The number of nitrogens with zero attached hydrogens (tertiary/aromatic N) is 2. The highest BCUT2D eigenvalue weighted by Gasteiger charge is 2.18. The number of aromatic nitrogens is 2. The number of methoxy groups -OCH3 is 1. The molecule has 1 heterocycles. The lowest BCUT2D eigenvalue weighted by atomic mass is 10.2. The second-order valence-corrected chi connectivity index (χ2v) is 5.66. The molecule has 3 aromatic rings. The van der Waals surface area contributed by atoms with Crippen LogP contribution < -0.4 is 5.32 Å². The molecule has 0 aliphatic rings. The zero-order chi connectivity index (χ0) is 16.9. The van der Waals surface area contributed by atoms with E-state index >= 15 is 0 Å². The Balaban J connectivity index is 1.88. The molecule has 5 heteroatoms. The predicted molar refractivity (Wildman–Crippen MR) is 93.9 cm³/mol. The number of rotatable bonds is 6. The average Bonchev–Trinajstić information content (AvgIpc) is 2.99. The fraction of sp³-hybridized carbons (Fsp3) is 0.263. The number of benzene rings is 2. The summed E-state index contributed by atoms with van der Waals surface area (Å²) in [7, 11) is 1.68. The summed E-state index contributed by atoms with van der Waals surface area (Å²) >= 11 is 0. The highest BCUT2D eigenvalue weighted by atomic mass is 16.5. The fourth-order valence-electron chi connectivity index (χ4n) is 2.78. The third kappa shape index (κ3) is 3.31. The molecule has 0 aliphatic heterocycles. The van der Waals surface area contributed by atoms with Gasteiger partial charge in [0.05, 0.1) is 23.7 Å². The maximum atomic E-state index is 12.4. The zero-order valence-corrected chi connectivity index (χ0v) is 13.9. The van der Waals surface area contributed by atoms with Gasteiger partial charge >= 0.3 is 0 Å². The van der Waals surface area contributed by atoms with Crippen LogP contribution >= 0.6 is 0 Å². The Bertz CT molecular complexity index is 827. The van der Waals surface area contributed by atoms with E-state index < -0.39 is 0 Å². The van der Waals surface area contributed by atoms with Crippen LogP contribution in [0.1, 0.15) is 29.1 Å². The lowest BCUT2D eigenvalue weighted by Crippen LogP contribution is -2.29. The molecule has 0 fully saturated rings. The van der Waals surface area contributed by atoms with Crippen LogP contribution in [0.3, 0.4) is 0 Å². The van der Waals surface area contributed by atoms with Gasteiger partial charge < -0.3 is 14.6 Å². The molecule has 0 aliphatic carbocycles. The van der Waals surface area contributed by atoms with Gasteiger partial charge in [-0.15, -0.1) is 0 Å². The van der Waals surface area contributed by atoms with Gasteiger partial charge in [0, 0.05) is 19.2 Å². The number of ether oxygens (including phenoxy) is 1. The smallest absolute Gasteiger partial charge is 0.251 e. The maximum absolute atomic E-state index is 12.4. The molecule has 2 aromatic carbocycles. The highest BCUT2D eigenvalue weighted by molar-refractivity contribution is 5.94. The summed E-state index contributed by atoms with van der Waals surface area (Å²) in [6.07, 6.45) is 0. The van der Waals surface area contributed by atoms with Crippen LogP contribution in [0, 0.1) is 0 Å². The third-order valence-electron chi connectivity index (χ3n) is 3.97.